The van der Waals surface area contributed by atoms with Crippen LogP contribution < -0.4 is 4.72 Å². The Kier molecular flexibility index (Phi) is 3.90. The van der Waals surface area contributed by atoms with Crippen LogP contribution in [0.3, 0.4) is 0 Å². The number of aryl methyl sites for hydroxylation is 1. The van der Waals surface area contributed by atoms with Crippen molar-refractivity contribution < 1.29 is 8.42 Å². The zero-order valence-corrected chi connectivity index (χ0v) is 13.0. The average Bonchev–Trinajstić information content (AvgIpc) is 2.63. The number of hydrogen-bond acceptors (Lipinski definition) is 5. The molecule has 0 saturated carbocycles. The molecule has 0 spiro atoms. The highest BCUT2D eigenvalue weighted by atomic mass is 79.9. The van der Waals surface area contributed by atoms with E-state index in [-0.39, 0.29) is 15.2 Å². The van der Waals surface area contributed by atoms with Gasteiger partial charge in [0.15, 0.2) is 5.82 Å². The van der Waals surface area contributed by atoms with Gasteiger partial charge in [0.1, 0.15) is 9.36 Å². The second-order valence-corrected chi connectivity index (χ2v) is 8.02. The maximum Gasteiger partial charge on any atom is 0.272 e. The second-order valence-electron chi connectivity index (χ2n) is 3.35. The standard InChI is InChI=1S/C9H7BrClN3O2S2/c1-5-2-8(17-9(5)10)18(15,16)14-7-4-12-6(11)3-13-7/h2-4H,1H3,(H,13,14). The van der Waals surface area contributed by atoms with E-state index < -0.39 is 10.0 Å². The molecule has 0 aromatic carbocycles. The summed E-state index contributed by atoms with van der Waals surface area (Å²) in [5.74, 6) is 0.126. The molecular weight excluding hydrogens is 362 g/mol. The van der Waals surface area contributed by atoms with E-state index in [2.05, 4.69) is 30.6 Å². The Labute approximate surface area is 121 Å². The third kappa shape index (κ3) is 3.00. The largest absolute Gasteiger partial charge is 0.272 e. The molecule has 0 aliphatic carbocycles. The van der Waals surface area contributed by atoms with Crippen molar-refractivity contribution in [1.82, 2.24) is 9.97 Å². The summed E-state index contributed by atoms with van der Waals surface area (Å²) in [6.45, 7) is 1.82. The lowest BCUT2D eigenvalue weighted by Crippen LogP contribution is -2.12. The Morgan fingerprint density at radius 2 is 2.11 bits per heavy atom. The van der Waals surface area contributed by atoms with E-state index in [9.17, 15) is 8.42 Å². The summed E-state index contributed by atoms with van der Waals surface area (Å²) >= 11 is 9.99. The molecule has 0 bridgehead atoms. The van der Waals surface area contributed by atoms with Crippen LogP contribution in [0.2, 0.25) is 5.15 Å². The minimum Gasteiger partial charge on any atom is -0.261 e. The van der Waals surface area contributed by atoms with Crippen LogP contribution in [0.1, 0.15) is 5.56 Å². The summed E-state index contributed by atoms with van der Waals surface area (Å²) in [7, 11) is -3.63. The maximum atomic E-state index is 12.0. The van der Waals surface area contributed by atoms with Gasteiger partial charge in [0, 0.05) is 0 Å². The summed E-state index contributed by atoms with van der Waals surface area (Å²) in [5, 5.41) is 0.202. The van der Waals surface area contributed by atoms with Crippen LogP contribution in [0.4, 0.5) is 5.82 Å². The highest BCUT2D eigenvalue weighted by Gasteiger charge is 2.19. The Morgan fingerprint density at radius 1 is 1.39 bits per heavy atom. The van der Waals surface area contributed by atoms with Crippen molar-refractivity contribution in [3.05, 3.63) is 33.0 Å². The van der Waals surface area contributed by atoms with Gasteiger partial charge in [-0.05, 0) is 34.5 Å². The average molecular weight is 369 g/mol. The topological polar surface area (TPSA) is 72.0 Å². The molecule has 5 nitrogen and oxygen atoms in total. The summed E-state index contributed by atoms with van der Waals surface area (Å²) in [5.41, 5.74) is 0.863. The van der Waals surface area contributed by atoms with E-state index in [1.807, 2.05) is 6.92 Å². The van der Waals surface area contributed by atoms with Gasteiger partial charge >= 0.3 is 0 Å². The van der Waals surface area contributed by atoms with Gasteiger partial charge in [-0.25, -0.2) is 18.4 Å². The second kappa shape index (κ2) is 5.12. The van der Waals surface area contributed by atoms with Crippen molar-refractivity contribution in [2.75, 3.05) is 4.72 Å². The number of anilines is 1. The first-order valence-electron chi connectivity index (χ1n) is 4.65. The van der Waals surface area contributed by atoms with E-state index >= 15 is 0 Å². The maximum absolute atomic E-state index is 12.0. The Morgan fingerprint density at radius 3 is 2.61 bits per heavy atom. The van der Waals surface area contributed by atoms with Gasteiger partial charge in [-0.1, -0.05) is 11.6 Å². The number of halogens is 2. The molecule has 0 atom stereocenters. The molecule has 0 saturated heterocycles. The number of aromatic nitrogens is 2. The predicted octanol–water partition coefficient (Wildman–Crippen LogP) is 3.06. The zero-order valence-electron chi connectivity index (χ0n) is 9.02. The molecule has 9 heteroatoms. The Bertz CT molecular complexity index is 650. The molecule has 0 radical (unpaired) electrons. The molecule has 1 N–H and O–H groups in total. The van der Waals surface area contributed by atoms with Crippen LogP contribution in [0.5, 0.6) is 0 Å². The lowest BCUT2D eigenvalue weighted by Gasteiger charge is -2.04. The molecule has 2 aromatic heterocycles. The Hall–Kier alpha value is -0.700. The quantitative estimate of drug-likeness (QED) is 0.903. The van der Waals surface area contributed by atoms with Crippen molar-refractivity contribution >= 4 is 54.7 Å². The molecule has 0 aliphatic rings. The lowest BCUT2D eigenvalue weighted by atomic mass is 10.4. The zero-order chi connectivity index (χ0) is 13.3. The minimum absolute atomic E-state index is 0.126. The number of nitrogens with zero attached hydrogens (tertiary/aromatic N) is 2. The van der Waals surface area contributed by atoms with Gasteiger partial charge in [-0.2, -0.15) is 0 Å². The van der Waals surface area contributed by atoms with E-state index in [0.717, 1.165) is 20.7 Å². The van der Waals surface area contributed by atoms with Crippen LogP contribution in [-0.2, 0) is 10.0 Å². The van der Waals surface area contributed by atoms with Crippen molar-refractivity contribution in [3.8, 4) is 0 Å². The van der Waals surface area contributed by atoms with Crippen molar-refractivity contribution in [1.29, 1.82) is 0 Å². The number of nitrogens with one attached hydrogen (secondary N) is 1. The molecule has 0 aliphatic heterocycles. The van der Waals surface area contributed by atoms with Crippen molar-refractivity contribution in [2.24, 2.45) is 0 Å². The minimum atomic E-state index is -3.63. The van der Waals surface area contributed by atoms with Crippen LogP contribution in [0.15, 0.2) is 26.5 Å². The molecule has 0 unspecified atom stereocenters. The third-order valence-electron chi connectivity index (χ3n) is 1.96. The molecule has 0 amide bonds. The fraction of sp³-hybridized carbons (Fsp3) is 0.111. The first-order chi connectivity index (χ1) is 8.38. The van der Waals surface area contributed by atoms with Crippen LogP contribution in [0, 0.1) is 6.92 Å². The molecule has 0 fully saturated rings. The normalized spacial score (nSPS) is 11.5. The fourth-order valence-electron chi connectivity index (χ4n) is 1.12. The molecule has 2 aromatic rings. The SMILES string of the molecule is Cc1cc(S(=O)(=O)Nc2cnc(Cl)cn2)sc1Br. The van der Waals surface area contributed by atoms with Crippen molar-refractivity contribution in [3.63, 3.8) is 0 Å². The van der Waals surface area contributed by atoms with Crippen molar-refractivity contribution in [2.45, 2.75) is 11.1 Å². The summed E-state index contributed by atoms with van der Waals surface area (Å²) in [4.78, 5) is 7.58. The van der Waals surface area contributed by atoms with E-state index in [4.69, 9.17) is 11.6 Å². The third-order valence-corrected chi connectivity index (χ3v) is 6.12. The van der Waals surface area contributed by atoms with Gasteiger partial charge in [0.05, 0.1) is 16.2 Å². The van der Waals surface area contributed by atoms with Gasteiger partial charge in [0.2, 0.25) is 0 Å². The number of sulfonamides is 1. The molecule has 96 valence electrons. The number of rotatable bonds is 3. The Balaban J connectivity index is 2.29. The predicted molar refractivity (Wildman–Crippen MR) is 74.6 cm³/mol. The van der Waals surface area contributed by atoms with Crippen LogP contribution in [0.25, 0.3) is 0 Å². The van der Waals surface area contributed by atoms with Gasteiger partial charge in [-0.3, -0.25) is 4.72 Å². The number of thiophene rings is 1. The summed E-state index contributed by atoms with van der Waals surface area (Å²) < 4.78 is 27.4. The monoisotopic (exact) mass is 367 g/mol. The molecule has 2 rings (SSSR count). The lowest BCUT2D eigenvalue weighted by molar-refractivity contribution is 0.603. The fourth-order valence-corrected chi connectivity index (χ4v) is 4.43. The number of hydrogen-bond donors (Lipinski definition) is 1. The van der Waals surface area contributed by atoms with Gasteiger partial charge < -0.3 is 0 Å². The summed E-state index contributed by atoms with van der Waals surface area (Å²) in [6, 6.07) is 1.58. The van der Waals surface area contributed by atoms with E-state index in [0.29, 0.717) is 0 Å². The highest BCUT2D eigenvalue weighted by Crippen LogP contribution is 2.31. The smallest absolute Gasteiger partial charge is 0.261 e. The molecular formula is C9H7BrClN3O2S2. The van der Waals surface area contributed by atoms with E-state index in [1.165, 1.54) is 12.4 Å². The van der Waals surface area contributed by atoms with E-state index in [1.54, 1.807) is 6.07 Å². The van der Waals surface area contributed by atoms with Gasteiger partial charge in [-0.15, -0.1) is 11.3 Å². The molecule has 18 heavy (non-hydrogen) atoms. The first-order valence-corrected chi connectivity index (χ1v) is 8.12. The first kappa shape index (κ1) is 13.7. The summed E-state index contributed by atoms with van der Waals surface area (Å²) in [6.07, 6.45) is 2.53. The highest BCUT2D eigenvalue weighted by molar-refractivity contribution is 9.11. The van der Waals surface area contributed by atoms with Gasteiger partial charge in [0.25, 0.3) is 10.0 Å². The van der Waals surface area contributed by atoms with Crippen LogP contribution >= 0.6 is 38.9 Å². The van der Waals surface area contributed by atoms with Crippen LogP contribution in [-0.4, -0.2) is 18.4 Å². The molecule has 2 heterocycles.